The molecule has 1 saturated carbocycles. The maximum atomic E-state index is 5.75. The van der Waals surface area contributed by atoms with E-state index < -0.39 is 0 Å². The van der Waals surface area contributed by atoms with Crippen molar-refractivity contribution in [3.05, 3.63) is 11.6 Å². The normalized spacial score (nSPS) is 25.5. The molecule has 88 valence electrons. The molecule has 0 saturated heterocycles. The molecule has 0 aromatic carbocycles. The fourth-order valence-electron chi connectivity index (χ4n) is 2.26. The summed E-state index contributed by atoms with van der Waals surface area (Å²) in [7, 11) is 0. The van der Waals surface area contributed by atoms with Crippen LogP contribution in [-0.4, -0.2) is 12.7 Å². The number of hydrogen-bond acceptors (Lipinski definition) is 1. The van der Waals surface area contributed by atoms with Crippen LogP contribution in [0.3, 0.4) is 0 Å². The van der Waals surface area contributed by atoms with Gasteiger partial charge >= 0.3 is 0 Å². The van der Waals surface area contributed by atoms with Crippen molar-refractivity contribution in [3.8, 4) is 0 Å². The van der Waals surface area contributed by atoms with Gasteiger partial charge in [-0.2, -0.15) is 0 Å². The van der Waals surface area contributed by atoms with E-state index in [9.17, 15) is 0 Å². The van der Waals surface area contributed by atoms with Gasteiger partial charge < -0.3 is 4.74 Å². The second-order valence-electron chi connectivity index (χ2n) is 5.31. The lowest BCUT2D eigenvalue weighted by atomic mass is 9.83. The number of rotatable bonds is 4. The molecule has 0 aromatic rings. The zero-order chi connectivity index (χ0) is 11.3. The first-order valence-electron chi connectivity index (χ1n) is 6.41. The summed E-state index contributed by atoms with van der Waals surface area (Å²) in [4.78, 5) is 0. The molecule has 1 fully saturated rings. The average Bonchev–Trinajstić information content (AvgIpc) is 2.15. The van der Waals surface area contributed by atoms with Gasteiger partial charge in [0.05, 0.1) is 12.7 Å². The Labute approximate surface area is 94.9 Å². The third kappa shape index (κ3) is 4.83. The van der Waals surface area contributed by atoms with Gasteiger partial charge in [0, 0.05) is 5.92 Å². The van der Waals surface area contributed by atoms with Gasteiger partial charge in [-0.15, -0.1) is 0 Å². The molecule has 0 heterocycles. The van der Waals surface area contributed by atoms with Crippen molar-refractivity contribution >= 4 is 0 Å². The molecular formula is C14H26O. The summed E-state index contributed by atoms with van der Waals surface area (Å²) >= 11 is 0. The van der Waals surface area contributed by atoms with Crippen LogP contribution in [0.2, 0.25) is 0 Å². The number of hydrogen-bond donors (Lipinski definition) is 0. The average molecular weight is 210 g/mol. The maximum Gasteiger partial charge on any atom is 0.0534 e. The molecule has 1 aliphatic rings. The Morgan fingerprint density at radius 3 is 2.60 bits per heavy atom. The van der Waals surface area contributed by atoms with Gasteiger partial charge in [0.25, 0.3) is 0 Å². The van der Waals surface area contributed by atoms with E-state index in [-0.39, 0.29) is 0 Å². The van der Waals surface area contributed by atoms with Crippen LogP contribution in [0.4, 0.5) is 0 Å². The third-order valence-electron chi connectivity index (χ3n) is 2.97. The van der Waals surface area contributed by atoms with Gasteiger partial charge in [0.1, 0.15) is 0 Å². The SMILES string of the molecule is CC(C)/C=C1\CCCC[C@@H]1COC(C)C. The van der Waals surface area contributed by atoms with Crippen molar-refractivity contribution in [2.24, 2.45) is 11.8 Å². The van der Waals surface area contributed by atoms with Crippen molar-refractivity contribution < 1.29 is 4.74 Å². The molecule has 1 aliphatic carbocycles. The van der Waals surface area contributed by atoms with Gasteiger partial charge in [-0.3, -0.25) is 0 Å². The van der Waals surface area contributed by atoms with Crippen LogP contribution in [0, 0.1) is 11.8 Å². The van der Waals surface area contributed by atoms with Crippen molar-refractivity contribution in [2.75, 3.05) is 6.61 Å². The summed E-state index contributed by atoms with van der Waals surface area (Å²) in [6, 6.07) is 0. The minimum Gasteiger partial charge on any atom is -0.378 e. The van der Waals surface area contributed by atoms with E-state index in [0.717, 1.165) is 6.61 Å². The standard InChI is InChI=1S/C14H26O/c1-11(2)9-13-7-5-6-8-14(13)10-15-12(3)4/h9,11-12,14H,5-8,10H2,1-4H3/b13-9+/t14-/m1/s1. The molecule has 0 spiro atoms. The molecule has 0 radical (unpaired) electrons. The summed E-state index contributed by atoms with van der Waals surface area (Å²) in [5.41, 5.74) is 1.65. The van der Waals surface area contributed by atoms with Crippen LogP contribution in [0.5, 0.6) is 0 Å². The number of allylic oxidation sites excluding steroid dienone is 1. The molecule has 1 atom stereocenters. The van der Waals surface area contributed by atoms with Gasteiger partial charge in [0.2, 0.25) is 0 Å². The molecule has 0 bridgehead atoms. The van der Waals surface area contributed by atoms with Gasteiger partial charge in [-0.25, -0.2) is 0 Å². The predicted octanol–water partition coefficient (Wildman–Crippen LogP) is 4.18. The Balaban J connectivity index is 2.50. The molecule has 0 unspecified atom stereocenters. The molecule has 0 aliphatic heterocycles. The van der Waals surface area contributed by atoms with E-state index in [4.69, 9.17) is 4.74 Å². The molecule has 0 N–H and O–H groups in total. The molecule has 15 heavy (non-hydrogen) atoms. The molecule has 1 heteroatoms. The van der Waals surface area contributed by atoms with E-state index in [2.05, 4.69) is 33.8 Å². The second-order valence-corrected chi connectivity index (χ2v) is 5.31. The van der Waals surface area contributed by atoms with Crippen molar-refractivity contribution in [2.45, 2.75) is 59.5 Å². The fraction of sp³-hybridized carbons (Fsp3) is 0.857. The van der Waals surface area contributed by atoms with Crippen LogP contribution < -0.4 is 0 Å². The lowest BCUT2D eigenvalue weighted by Gasteiger charge is -2.26. The van der Waals surface area contributed by atoms with Crippen LogP contribution in [0.25, 0.3) is 0 Å². The topological polar surface area (TPSA) is 9.23 Å². The van der Waals surface area contributed by atoms with Crippen LogP contribution >= 0.6 is 0 Å². The lowest BCUT2D eigenvalue weighted by Crippen LogP contribution is -2.19. The molecule has 0 aromatic heterocycles. The molecular weight excluding hydrogens is 184 g/mol. The predicted molar refractivity (Wildman–Crippen MR) is 66.0 cm³/mol. The Bertz CT molecular complexity index is 203. The summed E-state index contributed by atoms with van der Waals surface area (Å²) < 4.78 is 5.75. The largest absolute Gasteiger partial charge is 0.378 e. The summed E-state index contributed by atoms with van der Waals surface area (Å²) in [5, 5.41) is 0. The molecule has 1 nitrogen and oxygen atoms in total. The van der Waals surface area contributed by atoms with Gasteiger partial charge in [-0.1, -0.05) is 31.9 Å². The van der Waals surface area contributed by atoms with Crippen molar-refractivity contribution in [1.82, 2.24) is 0 Å². The molecule has 1 rings (SSSR count). The van der Waals surface area contributed by atoms with Crippen LogP contribution in [-0.2, 0) is 4.74 Å². The van der Waals surface area contributed by atoms with Gasteiger partial charge in [0.15, 0.2) is 0 Å². The van der Waals surface area contributed by atoms with E-state index in [1.807, 2.05) is 0 Å². The minimum absolute atomic E-state index is 0.368. The Morgan fingerprint density at radius 2 is 2.00 bits per heavy atom. The summed E-state index contributed by atoms with van der Waals surface area (Å²) in [5.74, 6) is 1.38. The first kappa shape index (κ1) is 12.8. The van der Waals surface area contributed by atoms with Crippen molar-refractivity contribution in [3.63, 3.8) is 0 Å². The van der Waals surface area contributed by atoms with E-state index >= 15 is 0 Å². The lowest BCUT2D eigenvalue weighted by molar-refractivity contribution is 0.0534. The zero-order valence-electron chi connectivity index (χ0n) is 10.8. The minimum atomic E-state index is 0.368. The van der Waals surface area contributed by atoms with Crippen LogP contribution in [0.15, 0.2) is 11.6 Å². The summed E-state index contributed by atoms with van der Waals surface area (Å²) in [6.07, 6.45) is 8.19. The third-order valence-corrected chi connectivity index (χ3v) is 2.97. The monoisotopic (exact) mass is 210 g/mol. The Kier molecular flexibility index (Phi) is 5.38. The maximum absolute atomic E-state index is 5.75. The highest BCUT2D eigenvalue weighted by Crippen LogP contribution is 2.30. The van der Waals surface area contributed by atoms with Crippen LogP contribution in [0.1, 0.15) is 53.4 Å². The summed E-state index contributed by atoms with van der Waals surface area (Å²) in [6.45, 7) is 9.70. The van der Waals surface area contributed by atoms with E-state index in [1.165, 1.54) is 25.7 Å². The Morgan fingerprint density at radius 1 is 1.27 bits per heavy atom. The van der Waals surface area contributed by atoms with Gasteiger partial charge in [-0.05, 0) is 39.0 Å². The zero-order valence-corrected chi connectivity index (χ0v) is 10.8. The highest BCUT2D eigenvalue weighted by atomic mass is 16.5. The molecule has 0 amide bonds. The first-order valence-corrected chi connectivity index (χ1v) is 6.41. The Hall–Kier alpha value is -0.300. The number of ether oxygens (including phenoxy) is 1. The van der Waals surface area contributed by atoms with Crippen molar-refractivity contribution in [1.29, 1.82) is 0 Å². The quantitative estimate of drug-likeness (QED) is 0.632. The fourth-order valence-corrected chi connectivity index (χ4v) is 2.26. The second kappa shape index (κ2) is 6.32. The van der Waals surface area contributed by atoms with E-state index in [1.54, 1.807) is 5.57 Å². The van der Waals surface area contributed by atoms with E-state index in [0.29, 0.717) is 17.9 Å². The highest BCUT2D eigenvalue weighted by molar-refractivity contribution is 5.10. The smallest absolute Gasteiger partial charge is 0.0534 e. The first-order chi connectivity index (χ1) is 7.09. The highest BCUT2D eigenvalue weighted by Gasteiger charge is 2.19.